The van der Waals surface area contributed by atoms with Crippen LogP contribution in [-0.4, -0.2) is 5.33 Å². The summed E-state index contributed by atoms with van der Waals surface area (Å²) in [4.78, 5) is 0. The summed E-state index contributed by atoms with van der Waals surface area (Å²) >= 11 is 9.58. The summed E-state index contributed by atoms with van der Waals surface area (Å²) < 4.78 is 13.5. The Morgan fingerprint density at radius 3 is 2.58 bits per heavy atom. The maximum atomic E-state index is 13.5. The molecule has 1 atom stereocenters. The third-order valence-corrected chi connectivity index (χ3v) is 4.52. The Morgan fingerprint density at radius 1 is 1.16 bits per heavy atom. The fourth-order valence-electron chi connectivity index (χ4n) is 2.26. The van der Waals surface area contributed by atoms with Crippen LogP contribution in [0.25, 0.3) is 0 Å². The number of halogens is 3. The lowest BCUT2D eigenvalue weighted by Crippen LogP contribution is -2.07. The summed E-state index contributed by atoms with van der Waals surface area (Å²) in [6.07, 6.45) is 0.729. The number of aryl methyl sites for hydroxylation is 1. The van der Waals surface area contributed by atoms with Crippen molar-refractivity contribution in [3.05, 3.63) is 70.0 Å². The fraction of sp³-hybridized carbons (Fsp3) is 0.250. The van der Waals surface area contributed by atoms with Crippen molar-refractivity contribution in [2.45, 2.75) is 19.3 Å². The van der Waals surface area contributed by atoms with Crippen molar-refractivity contribution >= 4 is 27.5 Å². The Labute approximate surface area is 126 Å². The van der Waals surface area contributed by atoms with E-state index in [1.54, 1.807) is 6.07 Å². The standard InChI is InChI=1S/C16H15BrClF/c1-11-5-2-3-7-14(11)13(10-17)9-12-6-4-8-15(19)16(12)18/h2-8,13H,9-10H2,1H3. The molecule has 2 aromatic carbocycles. The number of alkyl halides is 1. The fourth-order valence-corrected chi connectivity index (χ4v) is 3.04. The molecule has 0 bridgehead atoms. The van der Waals surface area contributed by atoms with Crippen molar-refractivity contribution in [1.29, 1.82) is 0 Å². The number of hydrogen-bond acceptors (Lipinski definition) is 0. The third-order valence-electron chi connectivity index (χ3n) is 3.31. The lowest BCUT2D eigenvalue weighted by molar-refractivity contribution is 0.624. The quantitative estimate of drug-likeness (QED) is 0.643. The van der Waals surface area contributed by atoms with Crippen molar-refractivity contribution in [2.24, 2.45) is 0 Å². The number of benzene rings is 2. The minimum Gasteiger partial charge on any atom is -0.205 e. The average molecular weight is 342 g/mol. The van der Waals surface area contributed by atoms with E-state index >= 15 is 0 Å². The first kappa shape index (κ1) is 14.5. The minimum atomic E-state index is -0.350. The van der Waals surface area contributed by atoms with E-state index in [1.165, 1.54) is 17.2 Å². The van der Waals surface area contributed by atoms with E-state index in [0.29, 0.717) is 5.92 Å². The molecule has 100 valence electrons. The van der Waals surface area contributed by atoms with Gasteiger partial charge in [-0.25, -0.2) is 4.39 Å². The lowest BCUT2D eigenvalue weighted by Gasteiger charge is -2.18. The Kier molecular flexibility index (Phi) is 5.00. The van der Waals surface area contributed by atoms with Gasteiger partial charge in [-0.05, 0) is 42.0 Å². The summed E-state index contributed by atoms with van der Waals surface area (Å²) in [6, 6.07) is 13.3. The molecule has 0 aromatic heterocycles. The largest absolute Gasteiger partial charge is 0.205 e. The zero-order chi connectivity index (χ0) is 13.8. The Bertz CT molecular complexity index is 568. The lowest BCUT2D eigenvalue weighted by atomic mass is 9.91. The predicted octanol–water partition coefficient (Wildman–Crippen LogP) is 5.51. The molecule has 0 aliphatic heterocycles. The van der Waals surface area contributed by atoms with E-state index in [9.17, 15) is 4.39 Å². The zero-order valence-corrected chi connectivity index (χ0v) is 13.0. The molecular formula is C16H15BrClF. The van der Waals surface area contributed by atoms with Crippen LogP contribution < -0.4 is 0 Å². The van der Waals surface area contributed by atoms with E-state index in [0.717, 1.165) is 17.3 Å². The van der Waals surface area contributed by atoms with E-state index in [-0.39, 0.29) is 10.8 Å². The topological polar surface area (TPSA) is 0 Å². The van der Waals surface area contributed by atoms with Gasteiger partial charge >= 0.3 is 0 Å². The third kappa shape index (κ3) is 3.37. The molecular weight excluding hydrogens is 327 g/mol. The molecule has 0 amide bonds. The highest BCUT2D eigenvalue weighted by Gasteiger charge is 2.16. The van der Waals surface area contributed by atoms with Crippen molar-refractivity contribution in [3.63, 3.8) is 0 Å². The van der Waals surface area contributed by atoms with Gasteiger partial charge in [0, 0.05) is 5.33 Å². The second-order valence-corrected chi connectivity index (χ2v) is 5.65. The zero-order valence-electron chi connectivity index (χ0n) is 10.7. The molecule has 2 rings (SSSR count). The van der Waals surface area contributed by atoms with Gasteiger partial charge in [-0.15, -0.1) is 0 Å². The molecule has 0 aliphatic carbocycles. The highest BCUT2D eigenvalue weighted by atomic mass is 79.9. The van der Waals surface area contributed by atoms with E-state index in [2.05, 4.69) is 35.0 Å². The molecule has 19 heavy (non-hydrogen) atoms. The molecule has 2 aromatic rings. The Hall–Kier alpha value is -0.860. The van der Waals surface area contributed by atoms with Crippen LogP contribution in [0.5, 0.6) is 0 Å². The van der Waals surface area contributed by atoms with E-state index in [1.807, 2.05) is 18.2 Å². The second kappa shape index (κ2) is 6.53. The van der Waals surface area contributed by atoms with Gasteiger partial charge in [0.05, 0.1) is 5.02 Å². The van der Waals surface area contributed by atoms with Crippen LogP contribution in [0, 0.1) is 12.7 Å². The number of rotatable bonds is 4. The number of hydrogen-bond donors (Lipinski definition) is 0. The second-order valence-electron chi connectivity index (χ2n) is 4.62. The highest BCUT2D eigenvalue weighted by molar-refractivity contribution is 9.09. The Balaban J connectivity index is 2.30. The normalized spacial score (nSPS) is 12.4. The first-order valence-corrected chi connectivity index (χ1v) is 7.67. The summed E-state index contributed by atoms with van der Waals surface area (Å²) in [5.41, 5.74) is 3.38. The molecule has 0 saturated heterocycles. The van der Waals surface area contributed by atoms with Crippen LogP contribution in [0.2, 0.25) is 5.02 Å². The minimum absolute atomic E-state index is 0.238. The molecule has 0 saturated carbocycles. The molecule has 0 aliphatic rings. The average Bonchev–Trinajstić information content (AvgIpc) is 2.41. The molecule has 0 radical (unpaired) electrons. The van der Waals surface area contributed by atoms with E-state index < -0.39 is 0 Å². The van der Waals surface area contributed by atoms with Crippen LogP contribution in [0.15, 0.2) is 42.5 Å². The van der Waals surface area contributed by atoms with Crippen LogP contribution >= 0.6 is 27.5 Å². The monoisotopic (exact) mass is 340 g/mol. The van der Waals surface area contributed by atoms with Gasteiger partial charge in [-0.3, -0.25) is 0 Å². The van der Waals surface area contributed by atoms with Gasteiger partial charge in [0.2, 0.25) is 0 Å². The summed E-state index contributed by atoms with van der Waals surface area (Å²) in [7, 11) is 0. The maximum absolute atomic E-state index is 13.5. The molecule has 0 heterocycles. The van der Waals surface area contributed by atoms with Crippen molar-refractivity contribution in [2.75, 3.05) is 5.33 Å². The first-order chi connectivity index (χ1) is 9.13. The van der Waals surface area contributed by atoms with Crippen LogP contribution in [0.4, 0.5) is 4.39 Å². The molecule has 3 heteroatoms. The van der Waals surface area contributed by atoms with Crippen molar-refractivity contribution in [3.8, 4) is 0 Å². The van der Waals surface area contributed by atoms with Crippen LogP contribution in [0.1, 0.15) is 22.6 Å². The molecule has 0 fully saturated rings. The summed E-state index contributed by atoms with van der Waals surface area (Å²) in [5, 5.41) is 1.06. The molecule has 0 spiro atoms. The smallest absolute Gasteiger partial charge is 0.142 e. The van der Waals surface area contributed by atoms with Crippen LogP contribution in [0.3, 0.4) is 0 Å². The predicted molar refractivity (Wildman–Crippen MR) is 82.8 cm³/mol. The van der Waals surface area contributed by atoms with Gasteiger partial charge in [-0.1, -0.05) is 63.9 Å². The van der Waals surface area contributed by atoms with Gasteiger partial charge in [0.25, 0.3) is 0 Å². The summed E-state index contributed by atoms with van der Waals surface area (Å²) in [5.74, 6) is -0.0576. The van der Waals surface area contributed by atoms with Crippen molar-refractivity contribution in [1.82, 2.24) is 0 Å². The first-order valence-electron chi connectivity index (χ1n) is 6.18. The molecule has 1 unspecified atom stereocenters. The molecule has 0 N–H and O–H groups in total. The highest BCUT2D eigenvalue weighted by Crippen LogP contribution is 2.29. The van der Waals surface area contributed by atoms with Crippen LogP contribution in [-0.2, 0) is 6.42 Å². The van der Waals surface area contributed by atoms with Gasteiger partial charge < -0.3 is 0 Å². The summed E-state index contributed by atoms with van der Waals surface area (Å²) in [6.45, 7) is 2.10. The van der Waals surface area contributed by atoms with Gasteiger partial charge in [-0.2, -0.15) is 0 Å². The van der Waals surface area contributed by atoms with Gasteiger partial charge in [0.1, 0.15) is 5.82 Å². The Morgan fingerprint density at radius 2 is 1.89 bits per heavy atom. The van der Waals surface area contributed by atoms with E-state index in [4.69, 9.17) is 11.6 Å². The maximum Gasteiger partial charge on any atom is 0.142 e. The van der Waals surface area contributed by atoms with Gasteiger partial charge in [0.15, 0.2) is 0 Å². The SMILES string of the molecule is Cc1ccccc1C(CBr)Cc1cccc(F)c1Cl. The molecule has 0 nitrogen and oxygen atoms in total. The van der Waals surface area contributed by atoms with Crippen molar-refractivity contribution < 1.29 is 4.39 Å².